The first-order valence-corrected chi connectivity index (χ1v) is 8.69. The van der Waals surface area contributed by atoms with Crippen LogP contribution in [0.5, 0.6) is 0 Å². The maximum atomic E-state index is 12.3. The number of hydrazone groups is 1. The van der Waals surface area contributed by atoms with Crippen LogP contribution in [0, 0.1) is 10.1 Å². The van der Waals surface area contributed by atoms with E-state index in [4.69, 9.17) is 0 Å². The van der Waals surface area contributed by atoms with Gasteiger partial charge < -0.3 is 0 Å². The van der Waals surface area contributed by atoms with Crippen LogP contribution in [0.25, 0.3) is 11.2 Å². The van der Waals surface area contributed by atoms with Crippen LogP contribution in [0.4, 0.5) is 11.6 Å². The molecule has 0 spiro atoms. The molecular weight excluding hydrogens is 378 g/mol. The van der Waals surface area contributed by atoms with E-state index in [0.717, 1.165) is 0 Å². The van der Waals surface area contributed by atoms with Gasteiger partial charge in [0.15, 0.2) is 11.2 Å². The number of nitrogens with zero attached hydrogens (tertiary/aromatic N) is 5. The smallest absolute Gasteiger partial charge is 0.299 e. The first-order chi connectivity index (χ1) is 13.8. The van der Waals surface area contributed by atoms with E-state index >= 15 is 0 Å². The number of non-ortho nitro benzene ring substituents is 1. The van der Waals surface area contributed by atoms with Crippen LogP contribution >= 0.6 is 0 Å². The molecule has 0 amide bonds. The second-order valence-electron chi connectivity index (χ2n) is 6.22. The van der Waals surface area contributed by atoms with Gasteiger partial charge in [0.2, 0.25) is 5.95 Å². The fourth-order valence-electron chi connectivity index (χ4n) is 2.75. The van der Waals surface area contributed by atoms with E-state index in [1.165, 1.54) is 23.7 Å². The van der Waals surface area contributed by atoms with Gasteiger partial charge in [0.05, 0.1) is 10.6 Å². The number of nitrogens with one attached hydrogen (secondary N) is 2. The normalized spacial score (nSPS) is 12.0. The Labute approximate surface area is 164 Å². The summed E-state index contributed by atoms with van der Waals surface area (Å²) in [6, 6.07) is 6.08. The molecular formula is C18H19N7O4. The number of fused-ring (bicyclic) bond motifs is 1. The maximum Gasteiger partial charge on any atom is 0.329 e. The van der Waals surface area contributed by atoms with E-state index in [1.807, 2.05) is 19.1 Å². The first-order valence-electron chi connectivity index (χ1n) is 8.69. The van der Waals surface area contributed by atoms with Crippen molar-refractivity contribution in [2.75, 3.05) is 5.43 Å². The van der Waals surface area contributed by atoms with Crippen molar-refractivity contribution in [2.24, 2.45) is 12.1 Å². The van der Waals surface area contributed by atoms with Crippen LogP contribution in [-0.2, 0) is 13.6 Å². The summed E-state index contributed by atoms with van der Waals surface area (Å²) in [6.45, 7) is 3.87. The Kier molecular flexibility index (Phi) is 5.39. The third-order valence-electron chi connectivity index (χ3n) is 4.33. The van der Waals surface area contributed by atoms with Gasteiger partial charge >= 0.3 is 5.69 Å². The van der Waals surface area contributed by atoms with Gasteiger partial charge in [-0.15, -0.1) is 0 Å². The number of imidazole rings is 1. The molecule has 0 aliphatic rings. The molecule has 0 fully saturated rings. The summed E-state index contributed by atoms with van der Waals surface area (Å²) in [5.41, 5.74) is 3.14. The highest BCUT2D eigenvalue weighted by Crippen LogP contribution is 2.17. The Bertz CT molecular complexity index is 1260. The summed E-state index contributed by atoms with van der Waals surface area (Å²) in [5.74, 6) is 0.259. The molecule has 11 heteroatoms. The second kappa shape index (κ2) is 7.92. The molecule has 0 unspecified atom stereocenters. The maximum absolute atomic E-state index is 12.3. The molecule has 0 aliphatic heterocycles. The van der Waals surface area contributed by atoms with Crippen molar-refractivity contribution < 1.29 is 4.92 Å². The summed E-state index contributed by atoms with van der Waals surface area (Å²) < 4.78 is 2.84. The molecule has 11 nitrogen and oxygen atoms in total. The Morgan fingerprint density at radius 2 is 2.17 bits per heavy atom. The number of hydrogen-bond donors (Lipinski definition) is 2. The molecule has 3 rings (SSSR count). The number of benzene rings is 1. The lowest BCUT2D eigenvalue weighted by atomic mass is 10.1. The van der Waals surface area contributed by atoms with Crippen molar-refractivity contribution in [1.82, 2.24) is 19.1 Å². The minimum Gasteiger partial charge on any atom is -0.299 e. The molecule has 1 aromatic carbocycles. The summed E-state index contributed by atoms with van der Waals surface area (Å²) in [4.78, 5) is 41.3. The average Bonchev–Trinajstić information content (AvgIpc) is 3.07. The van der Waals surface area contributed by atoms with Gasteiger partial charge in [-0.3, -0.25) is 29.0 Å². The third-order valence-corrected chi connectivity index (χ3v) is 4.33. The van der Waals surface area contributed by atoms with Crippen LogP contribution in [0.3, 0.4) is 0 Å². The average molecular weight is 397 g/mol. The highest BCUT2D eigenvalue weighted by molar-refractivity contribution is 5.99. The fraction of sp³-hybridized carbons (Fsp3) is 0.222. The van der Waals surface area contributed by atoms with Gasteiger partial charge in [0.1, 0.15) is 0 Å². The molecule has 2 aromatic heterocycles. The number of aromatic nitrogens is 4. The second-order valence-corrected chi connectivity index (χ2v) is 6.22. The predicted molar refractivity (Wildman–Crippen MR) is 109 cm³/mol. The quantitative estimate of drug-likeness (QED) is 0.281. The van der Waals surface area contributed by atoms with Crippen LogP contribution in [0.2, 0.25) is 0 Å². The third kappa shape index (κ3) is 3.83. The van der Waals surface area contributed by atoms with Crippen LogP contribution in [-0.4, -0.2) is 29.7 Å². The summed E-state index contributed by atoms with van der Waals surface area (Å²) in [5, 5.41) is 15.2. The lowest BCUT2D eigenvalue weighted by molar-refractivity contribution is -0.384. The molecule has 29 heavy (non-hydrogen) atoms. The number of rotatable bonds is 6. The van der Waals surface area contributed by atoms with E-state index in [0.29, 0.717) is 17.8 Å². The lowest BCUT2D eigenvalue weighted by Crippen LogP contribution is -2.29. The molecule has 2 heterocycles. The Morgan fingerprint density at radius 1 is 1.41 bits per heavy atom. The van der Waals surface area contributed by atoms with E-state index in [1.54, 1.807) is 23.6 Å². The van der Waals surface area contributed by atoms with Crippen molar-refractivity contribution >= 4 is 28.5 Å². The largest absolute Gasteiger partial charge is 0.329 e. The number of nitro groups is 1. The molecule has 0 saturated carbocycles. The van der Waals surface area contributed by atoms with Gasteiger partial charge in [0, 0.05) is 31.3 Å². The Hall–Kier alpha value is -4.02. The van der Waals surface area contributed by atoms with E-state index < -0.39 is 16.2 Å². The zero-order chi connectivity index (χ0) is 21.1. The van der Waals surface area contributed by atoms with Crippen molar-refractivity contribution in [2.45, 2.75) is 20.4 Å². The van der Waals surface area contributed by atoms with E-state index in [9.17, 15) is 19.7 Å². The summed E-state index contributed by atoms with van der Waals surface area (Å²) >= 11 is 0. The van der Waals surface area contributed by atoms with Gasteiger partial charge in [0.25, 0.3) is 11.2 Å². The Balaban J connectivity index is 2.06. The Morgan fingerprint density at radius 3 is 2.86 bits per heavy atom. The highest BCUT2D eigenvalue weighted by Gasteiger charge is 2.16. The number of aromatic amines is 1. The minimum atomic E-state index is -0.569. The van der Waals surface area contributed by atoms with E-state index in [2.05, 4.69) is 20.5 Å². The molecule has 3 aromatic rings. The van der Waals surface area contributed by atoms with Gasteiger partial charge in [-0.05, 0) is 13.8 Å². The molecule has 0 bridgehead atoms. The molecule has 0 radical (unpaired) electrons. The lowest BCUT2D eigenvalue weighted by Gasteiger charge is -2.06. The molecule has 0 atom stereocenters. The van der Waals surface area contributed by atoms with Crippen molar-refractivity contribution in [3.63, 3.8) is 0 Å². The van der Waals surface area contributed by atoms with Crippen LogP contribution < -0.4 is 16.7 Å². The topological polar surface area (TPSA) is 140 Å². The standard InChI is InChI=1S/C18H19N7O4/c1-4-5-9-24-14-15(23(3)18(27)20-16(14)26)19-17(24)22-21-11(2)12-7-6-8-13(10-12)25(28)29/h4-8,10H,9H2,1-3H3,(H,19,22)(H,20,26,27)/b5-4+,21-11+. The van der Waals surface area contributed by atoms with Crippen LogP contribution in [0.15, 0.2) is 51.1 Å². The van der Waals surface area contributed by atoms with Gasteiger partial charge in [-0.2, -0.15) is 10.1 Å². The minimum absolute atomic E-state index is 0.0427. The zero-order valence-corrected chi connectivity index (χ0v) is 16.0. The van der Waals surface area contributed by atoms with Crippen molar-refractivity contribution in [3.8, 4) is 0 Å². The summed E-state index contributed by atoms with van der Waals surface area (Å²) in [6.07, 6.45) is 3.65. The number of allylic oxidation sites excluding steroid dienone is 2. The monoisotopic (exact) mass is 397 g/mol. The predicted octanol–water partition coefficient (Wildman–Crippen LogP) is 1.74. The van der Waals surface area contributed by atoms with E-state index in [-0.39, 0.29) is 22.8 Å². The van der Waals surface area contributed by atoms with Crippen molar-refractivity contribution in [1.29, 1.82) is 0 Å². The SMILES string of the molecule is C/C=C/Cn1c(N/N=C(\C)c2cccc([N+](=O)[O-])c2)nc2c1c(=O)[nH]c(=O)n2C. The van der Waals surface area contributed by atoms with Crippen molar-refractivity contribution in [3.05, 3.63) is 72.9 Å². The van der Waals surface area contributed by atoms with Crippen LogP contribution in [0.1, 0.15) is 19.4 Å². The van der Waals surface area contributed by atoms with Gasteiger partial charge in [-0.25, -0.2) is 10.2 Å². The summed E-state index contributed by atoms with van der Waals surface area (Å²) in [7, 11) is 1.51. The number of hydrogen-bond acceptors (Lipinski definition) is 7. The molecule has 0 aliphatic carbocycles. The zero-order valence-electron chi connectivity index (χ0n) is 16.0. The molecule has 0 saturated heterocycles. The first kappa shape index (κ1) is 19.7. The number of anilines is 1. The van der Waals surface area contributed by atoms with Gasteiger partial charge in [-0.1, -0.05) is 24.3 Å². The number of nitro benzene ring substituents is 1. The number of aryl methyl sites for hydroxylation is 1. The molecule has 2 N–H and O–H groups in total. The number of H-pyrrole nitrogens is 1. The molecule has 150 valence electrons. The highest BCUT2D eigenvalue weighted by atomic mass is 16.6. The fourth-order valence-corrected chi connectivity index (χ4v) is 2.75.